The number of carbonyl (C=O) groups excluding carboxylic acids is 3. The molecule has 4 aromatic rings. The van der Waals surface area contributed by atoms with Gasteiger partial charge in [0, 0.05) is 63.3 Å². The summed E-state index contributed by atoms with van der Waals surface area (Å²) in [6, 6.07) is 18.1. The summed E-state index contributed by atoms with van der Waals surface area (Å²) in [5.74, 6) is -0.149. The fourth-order valence-electron chi connectivity index (χ4n) is 5.54. The van der Waals surface area contributed by atoms with Gasteiger partial charge in [-0.05, 0) is 69.0 Å². The van der Waals surface area contributed by atoms with E-state index in [1.165, 1.54) is 11.1 Å². The third-order valence-electron chi connectivity index (χ3n) is 8.07. The average Bonchev–Trinajstić information content (AvgIpc) is 3.09. The first-order valence-electron chi connectivity index (χ1n) is 14.8. The molecule has 0 unspecified atom stereocenters. The Balaban J connectivity index is 1.28. The zero-order valence-electron chi connectivity index (χ0n) is 25.5. The van der Waals surface area contributed by atoms with Gasteiger partial charge in [0.15, 0.2) is 0 Å². The second-order valence-corrected chi connectivity index (χ2v) is 11.3. The standard InChI is InChI=1S/C34H37N5O5/c1-5-39-28-14-13-26(22-29(28)36(4)32(42)34(2,3)33(39)43)44-21-9-17-37(30(40)25-11-8-16-35-23-25)19-20-38-18-15-24-10-6-7-12-27(24)31(38)41/h6-8,10-16,18,22-23H,5,9,17,19-21H2,1-4H3. The lowest BCUT2D eigenvalue weighted by Gasteiger charge is -2.27. The average molecular weight is 596 g/mol. The molecule has 10 nitrogen and oxygen atoms in total. The van der Waals surface area contributed by atoms with Crippen LogP contribution in [0.3, 0.4) is 0 Å². The van der Waals surface area contributed by atoms with Gasteiger partial charge in [0.1, 0.15) is 11.2 Å². The van der Waals surface area contributed by atoms with Crippen LogP contribution in [-0.4, -0.2) is 65.5 Å². The van der Waals surface area contributed by atoms with E-state index in [4.69, 9.17) is 4.74 Å². The molecular formula is C34H37N5O5. The van der Waals surface area contributed by atoms with Crippen LogP contribution >= 0.6 is 0 Å². The molecule has 5 rings (SSSR count). The van der Waals surface area contributed by atoms with E-state index in [0.29, 0.717) is 67.3 Å². The Hall–Kier alpha value is -4.99. The van der Waals surface area contributed by atoms with Crippen molar-refractivity contribution in [3.63, 3.8) is 0 Å². The number of anilines is 2. The molecule has 1 aliphatic rings. The summed E-state index contributed by atoms with van der Waals surface area (Å²) in [5, 5.41) is 1.51. The summed E-state index contributed by atoms with van der Waals surface area (Å²) in [4.78, 5) is 61.7. The molecule has 44 heavy (non-hydrogen) atoms. The summed E-state index contributed by atoms with van der Waals surface area (Å²) in [5.41, 5.74) is 0.438. The highest BCUT2D eigenvalue weighted by molar-refractivity contribution is 6.20. The number of hydrogen-bond acceptors (Lipinski definition) is 6. The molecule has 0 saturated heterocycles. The van der Waals surface area contributed by atoms with E-state index in [-0.39, 0.29) is 23.3 Å². The Labute approximate surface area is 256 Å². The number of hydrogen-bond donors (Lipinski definition) is 0. The quantitative estimate of drug-likeness (QED) is 0.199. The van der Waals surface area contributed by atoms with Gasteiger partial charge in [-0.3, -0.25) is 24.2 Å². The van der Waals surface area contributed by atoms with E-state index >= 15 is 0 Å². The Morgan fingerprint density at radius 1 is 0.955 bits per heavy atom. The number of benzene rings is 2. The molecule has 0 bridgehead atoms. The highest BCUT2D eigenvalue weighted by Gasteiger charge is 2.45. The second-order valence-electron chi connectivity index (χ2n) is 11.3. The summed E-state index contributed by atoms with van der Waals surface area (Å²) >= 11 is 0. The van der Waals surface area contributed by atoms with Crippen molar-refractivity contribution in [1.29, 1.82) is 0 Å². The summed E-state index contributed by atoms with van der Waals surface area (Å²) in [6.07, 6.45) is 5.44. The fourth-order valence-corrected chi connectivity index (χ4v) is 5.54. The second kappa shape index (κ2) is 12.7. The molecule has 3 amide bonds. The monoisotopic (exact) mass is 595 g/mol. The topological polar surface area (TPSA) is 105 Å². The first kappa shape index (κ1) is 30.5. The maximum absolute atomic E-state index is 13.4. The molecule has 228 valence electrons. The van der Waals surface area contributed by atoms with Gasteiger partial charge in [-0.1, -0.05) is 18.2 Å². The third-order valence-corrected chi connectivity index (χ3v) is 8.07. The highest BCUT2D eigenvalue weighted by Crippen LogP contribution is 2.40. The molecule has 2 aromatic carbocycles. The molecule has 10 heteroatoms. The van der Waals surface area contributed by atoms with Gasteiger partial charge >= 0.3 is 0 Å². The van der Waals surface area contributed by atoms with Gasteiger partial charge in [-0.25, -0.2) is 0 Å². The lowest BCUT2D eigenvalue weighted by molar-refractivity contribution is -0.137. The van der Waals surface area contributed by atoms with Crippen molar-refractivity contribution >= 4 is 39.9 Å². The van der Waals surface area contributed by atoms with Crippen molar-refractivity contribution in [2.24, 2.45) is 5.41 Å². The van der Waals surface area contributed by atoms with E-state index in [9.17, 15) is 19.2 Å². The number of carbonyl (C=O) groups is 3. The first-order valence-corrected chi connectivity index (χ1v) is 14.8. The molecular weight excluding hydrogens is 558 g/mol. The van der Waals surface area contributed by atoms with Crippen molar-refractivity contribution in [3.8, 4) is 5.75 Å². The van der Waals surface area contributed by atoms with Crippen molar-refractivity contribution < 1.29 is 19.1 Å². The minimum Gasteiger partial charge on any atom is -0.493 e. The zero-order valence-corrected chi connectivity index (χ0v) is 25.5. The van der Waals surface area contributed by atoms with Gasteiger partial charge in [-0.2, -0.15) is 0 Å². The number of nitrogens with zero attached hydrogens (tertiary/aromatic N) is 5. The lowest BCUT2D eigenvalue weighted by Crippen LogP contribution is -2.47. The zero-order chi connectivity index (χ0) is 31.4. The van der Waals surface area contributed by atoms with Crippen molar-refractivity contribution in [3.05, 3.63) is 95.2 Å². The summed E-state index contributed by atoms with van der Waals surface area (Å²) < 4.78 is 7.69. The van der Waals surface area contributed by atoms with Crippen LogP contribution in [0.1, 0.15) is 37.6 Å². The van der Waals surface area contributed by atoms with Crippen LogP contribution in [0.5, 0.6) is 5.75 Å². The van der Waals surface area contributed by atoms with Gasteiger partial charge in [0.2, 0.25) is 11.8 Å². The third kappa shape index (κ3) is 5.92. The number of aromatic nitrogens is 2. The SMILES string of the molecule is CCN1C(=O)C(C)(C)C(=O)N(C)c2cc(OCCCN(CCn3ccc4ccccc4c3=O)C(=O)c3cccnc3)ccc21. The maximum atomic E-state index is 13.4. The van der Waals surface area contributed by atoms with Crippen LogP contribution in [-0.2, 0) is 16.1 Å². The smallest absolute Gasteiger partial charge is 0.258 e. The van der Waals surface area contributed by atoms with Crippen LogP contribution in [0.4, 0.5) is 11.4 Å². The molecule has 0 fully saturated rings. The van der Waals surface area contributed by atoms with E-state index in [1.54, 1.807) is 84.1 Å². The van der Waals surface area contributed by atoms with Crippen LogP contribution in [0.2, 0.25) is 0 Å². The van der Waals surface area contributed by atoms with E-state index in [2.05, 4.69) is 4.98 Å². The van der Waals surface area contributed by atoms with Crippen LogP contribution in [0.15, 0.2) is 84.0 Å². The summed E-state index contributed by atoms with van der Waals surface area (Å²) in [7, 11) is 1.67. The van der Waals surface area contributed by atoms with E-state index in [1.807, 2.05) is 31.2 Å². The minimum absolute atomic E-state index is 0.0985. The molecule has 0 radical (unpaired) electrons. The van der Waals surface area contributed by atoms with Gasteiger partial charge < -0.3 is 24.0 Å². The van der Waals surface area contributed by atoms with Crippen molar-refractivity contribution in [2.75, 3.05) is 43.1 Å². The molecule has 3 heterocycles. The number of amides is 3. The highest BCUT2D eigenvalue weighted by atomic mass is 16.5. The molecule has 0 aliphatic carbocycles. The maximum Gasteiger partial charge on any atom is 0.258 e. The van der Waals surface area contributed by atoms with Gasteiger partial charge in [0.05, 0.1) is 23.5 Å². The lowest BCUT2D eigenvalue weighted by atomic mass is 9.90. The van der Waals surface area contributed by atoms with Gasteiger partial charge in [-0.15, -0.1) is 0 Å². The van der Waals surface area contributed by atoms with Crippen LogP contribution in [0.25, 0.3) is 10.8 Å². The number of rotatable bonds is 10. The van der Waals surface area contributed by atoms with E-state index in [0.717, 1.165) is 5.39 Å². The molecule has 0 atom stereocenters. The Morgan fingerprint density at radius 2 is 1.75 bits per heavy atom. The molecule has 1 aliphatic heterocycles. The largest absolute Gasteiger partial charge is 0.493 e. The van der Waals surface area contributed by atoms with Crippen LogP contribution < -0.4 is 20.1 Å². The van der Waals surface area contributed by atoms with E-state index < -0.39 is 5.41 Å². The summed E-state index contributed by atoms with van der Waals surface area (Å²) in [6.45, 7) is 6.98. The number of pyridine rings is 2. The Kier molecular flexibility index (Phi) is 8.80. The Morgan fingerprint density at radius 3 is 2.50 bits per heavy atom. The first-order chi connectivity index (χ1) is 21.1. The predicted molar refractivity (Wildman–Crippen MR) is 170 cm³/mol. The van der Waals surface area contributed by atoms with Crippen molar-refractivity contribution in [2.45, 2.75) is 33.7 Å². The number of fused-ring (bicyclic) bond motifs is 2. The normalized spacial score (nSPS) is 14.4. The minimum atomic E-state index is -1.19. The number of ether oxygens (including phenoxy) is 1. The van der Waals surface area contributed by atoms with Gasteiger partial charge in [0.25, 0.3) is 11.5 Å². The predicted octanol–water partition coefficient (Wildman–Crippen LogP) is 4.36. The fraction of sp³-hybridized carbons (Fsp3) is 0.324. The molecule has 0 saturated carbocycles. The molecule has 0 spiro atoms. The molecule has 2 aromatic heterocycles. The Bertz CT molecular complexity index is 1750. The van der Waals surface area contributed by atoms with Crippen LogP contribution in [0, 0.1) is 5.41 Å². The van der Waals surface area contributed by atoms with Crippen molar-refractivity contribution in [1.82, 2.24) is 14.5 Å². The molecule has 0 N–H and O–H groups in total.